The Bertz CT molecular complexity index is 592. The predicted molar refractivity (Wildman–Crippen MR) is 85.6 cm³/mol. The molecule has 1 amide bonds. The minimum Gasteiger partial charge on any atom is -0.330 e. The Morgan fingerprint density at radius 2 is 2.00 bits per heavy atom. The smallest absolute Gasteiger partial charge is 0.257 e. The molecule has 5 nitrogen and oxygen atoms in total. The second-order valence-corrected chi connectivity index (χ2v) is 6.35. The van der Waals surface area contributed by atoms with Crippen molar-refractivity contribution in [2.45, 2.75) is 26.7 Å². The van der Waals surface area contributed by atoms with E-state index in [2.05, 4.69) is 29.4 Å². The van der Waals surface area contributed by atoms with E-state index in [0.29, 0.717) is 23.2 Å². The first-order valence-corrected chi connectivity index (χ1v) is 7.83. The van der Waals surface area contributed by atoms with Crippen molar-refractivity contribution in [3.63, 3.8) is 0 Å². The molecule has 0 saturated heterocycles. The number of nitrogens with two attached hydrogens (primary N) is 1. The molecule has 0 bridgehead atoms. The summed E-state index contributed by atoms with van der Waals surface area (Å²) in [7, 11) is 0. The summed E-state index contributed by atoms with van der Waals surface area (Å²) in [6.07, 6.45) is 1.69. The highest BCUT2D eigenvalue weighted by atomic mass is 32.1. The number of carbonyl (C=O) groups excluding carboxylic acids is 1. The second kappa shape index (κ2) is 7.28. The minimum atomic E-state index is -0.165. The molecule has 21 heavy (non-hydrogen) atoms. The number of rotatable bonds is 6. The van der Waals surface area contributed by atoms with E-state index in [-0.39, 0.29) is 5.91 Å². The molecule has 1 aromatic heterocycles. The number of anilines is 1. The Balaban J connectivity index is 1.98. The van der Waals surface area contributed by atoms with Crippen LogP contribution in [0.1, 0.15) is 34.8 Å². The van der Waals surface area contributed by atoms with Gasteiger partial charge in [0, 0.05) is 12.0 Å². The summed E-state index contributed by atoms with van der Waals surface area (Å²) in [4.78, 5) is 12.1. The van der Waals surface area contributed by atoms with Crippen molar-refractivity contribution in [3.05, 3.63) is 40.4 Å². The van der Waals surface area contributed by atoms with E-state index in [1.165, 1.54) is 11.3 Å². The van der Waals surface area contributed by atoms with Gasteiger partial charge in [0.1, 0.15) is 5.01 Å². The number of aromatic nitrogens is 2. The Hall–Kier alpha value is -1.79. The average Bonchev–Trinajstić information content (AvgIpc) is 2.86. The van der Waals surface area contributed by atoms with E-state index in [1.807, 2.05) is 12.1 Å². The molecule has 0 aliphatic rings. The van der Waals surface area contributed by atoms with Gasteiger partial charge in [-0.05, 0) is 36.6 Å². The summed E-state index contributed by atoms with van der Waals surface area (Å²) < 4.78 is 0. The van der Waals surface area contributed by atoms with Crippen LogP contribution in [0.15, 0.2) is 24.3 Å². The Kier molecular flexibility index (Phi) is 5.41. The van der Waals surface area contributed by atoms with Crippen molar-refractivity contribution >= 4 is 22.4 Å². The lowest BCUT2D eigenvalue weighted by Gasteiger charge is -2.03. The molecule has 112 valence electrons. The van der Waals surface area contributed by atoms with E-state index in [1.54, 1.807) is 12.1 Å². The van der Waals surface area contributed by atoms with Gasteiger partial charge in [-0.2, -0.15) is 0 Å². The molecule has 2 aromatic rings. The maximum absolute atomic E-state index is 12.1. The highest BCUT2D eigenvalue weighted by Gasteiger charge is 2.11. The van der Waals surface area contributed by atoms with Gasteiger partial charge in [-0.1, -0.05) is 37.3 Å². The van der Waals surface area contributed by atoms with E-state index in [4.69, 9.17) is 5.73 Å². The molecular formula is C15H20N4OS. The van der Waals surface area contributed by atoms with Crippen molar-refractivity contribution in [3.8, 4) is 0 Å². The summed E-state index contributed by atoms with van der Waals surface area (Å²) in [6.45, 7) is 4.86. The van der Waals surface area contributed by atoms with Gasteiger partial charge < -0.3 is 5.73 Å². The van der Waals surface area contributed by atoms with Gasteiger partial charge >= 0.3 is 0 Å². The summed E-state index contributed by atoms with van der Waals surface area (Å²) >= 11 is 1.42. The summed E-state index contributed by atoms with van der Waals surface area (Å²) in [5.41, 5.74) is 7.24. The maximum Gasteiger partial charge on any atom is 0.257 e. The molecule has 0 fully saturated rings. The van der Waals surface area contributed by atoms with Crippen molar-refractivity contribution in [1.29, 1.82) is 0 Å². The molecule has 0 unspecified atom stereocenters. The average molecular weight is 304 g/mol. The summed E-state index contributed by atoms with van der Waals surface area (Å²) in [5.74, 6) is 0.359. The van der Waals surface area contributed by atoms with Gasteiger partial charge in [0.15, 0.2) is 0 Å². The SMILES string of the molecule is CC(C)Cc1nnc(NC(=O)c2ccc(CCN)cc2)s1. The first-order chi connectivity index (χ1) is 10.1. The molecule has 2 rings (SSSR count). The first-order valence-electron chi connectivity index (χ1n) is 7.01. The van der Waals surface area contributed by atoms with Crippen LogP contribution in [0.5, 0.6) is 0 Å². The number of hydrogen-bond donors (Lipinski definition) is 2. The normalized spacial score (nSPS) is 10.9. The van der Waals surface area contributed by atoms with Crippen LogP contribution in [0, 0.1) is 5.92 Å². The lowest BCUT2D eigenvalue weighted by molar-refractivity contribution is 0.102. The third kappa shape index (κ3) is 4.61. The van der Waals surface area contributed by atoms with Gasteiger partial charge in [0.25, 0.3) is 5.91 Å². The van der Waals surface area contributed by atoms with E-state index >= 15 is 0 Å². The standard InChI is InChI=1S/C15H20N4OS/c1-10(2)9-13-18-19-15(21-13)17-14(20)12-5-3-11(4-6-12)7-8-16/h3-6,10H,7-9,16H2,1-2H3,(H,17,19,20). The molecule has 6 heteroatoms. The van der Waals surface area contributed by atoms with Gasteiger partial charge in [0.05, 0.1) is 0 Å². The van der Waals surface area contributed by atoms with Crippen LogP contribution in [-0.4, -0.2) is 22.6 Å². The van der Waals surface area contributed by atoms with Crippen molar-refractivity contribution in [1.82, 2.24) is 10.2 Å². The van der Waals surface area contributed by atoms with Crippen LogP contribution in [0.25, 0.3) is 0 Å². The number of benzene rings is 1. The monoisotopic (exact) mass is 304 g/mol. The topological polar surface area (TPSA) is 80.9 Å². The van der Waals surface area contributed by atoms with Crippen molar-refractivity contribution in [2.75, 3.05) is 11.9 Å². The molecule has 1 aromatic carbocycles. The van der Waals surface area contributed by atoms with Crippen LogP contribution in [-0.2, 0) is 12.8 Å². The van der Waals surface area contributed by atoms with Gasteiger partial charge in [-0.3, -0.25) is 10.1 Å². The molecule has 1 heterocycles. The molecule has 0 atom stereocenters. The molecule has 0 aliphatic heterocycles. The zero-order chi connectivity index (χ0) is 15.2. The Morgan fingerprint density at radius 1 is 1.29 bits per heavy atom. The van der Waals surface area contributed by atoms with E-state index in [0.717, 1.165) is 23.4 Å². The van der Waals surface area contributed by atoms with E-state index in [9.17, 15) is 4.79 Å². The fourth-order valence-corrected chi connectivity index (χ4v) is 2.84. The lowest BCUT2D eigenvalue weighted by atomic mass is 10.1. The zero-order valence-electron chi connectivity index (χ0n) is 12.3. The van der Waals surface area contributed by atoms with Crippen LogP contribution in [0.2, 0.25) is 0 Å². The van der Waals surface area contributed by atoms with Crippen LogP contribution >= 0.6 is 11.3 Å². The number of nitrogens with one attached hydrogen (secondary N) is 1. The first kappa shape index (κ1) is 15.6. The molecule has 0 aliphatic carbocycles. The van der Waals surface area contributed by atoms with E-state index < -0.39 is 0 Å². The molecular weight excluding hydrogens is 284 g/mol. The quantitative estimate of drug-likeness (QED) is 0.859. The second-order valence-electron chi connectivity index (χ2n) is 5.29. The third-order valence-corrected chi connectivity index (χ3v) is 3.78. The number of nitrogens with zero attached hydrogens (tertiary/aromatic N) is 2. The number of hydrogen-bond acceptors (Lipinski definition) is 5. The summed E-state index contributed by atoms with van der Waals surface area (Å²) in [6, 6.07) is 7.45. The number of amides is 1. The lowest BCUT2D eigenvalue weighted by Crippen LogP contribution is -2.12. The maximum atomic E-state index is 12.1. The zero-order valence-corrected chi connectivity index (χ0v) is 13.1. The molecule has 3 N–H and O–H groups in total. The fourth-order valence-electron chi connectivity index (χ4n) is 1.89. The fraction of sp³-hybridized carbons (Fsp3) is 0.400. The van der Waals surface area contributed by atoms with Gasteiger partial charge in [0.2, 0.25) is 5.13 Å². The Labute approximate surface area is 128 Å². The number of carbonyl (C=O) groups is 1. The third-order valence-electron chi connectivity index (χ3n) is 2.92. The molecule has 0 radical (unpaired) electrons. The van der Waals surface area contributed by atoms with Gasteiger partial charge in [-0.15, -0.1) is 10.2 Å². The van der Waals surface area contributed by atoms with Crippen LogP contribution < -0.4 is 11.1 Å². The largest absolute Gasteiger partial charge is 0.330 e. The minimum absolute atomic E-state index is 0.165. The van der Waals surface area contributed by atoms with Gasteiger partial charge in [-0.25, -0.2) is 0 Å². The van der Waals surface area contributed by atoms with Crippen LogP contribution in [0.3, 0.4) is 0 Å². The molecule has 0 saturated carbocycles. The Morgan fingerprint density at radius 3 is 2.62 bits per heavy atom. The predicted octanol–water partition coefficient (Wildman–Crippen LogP) is 2.49. The highest BCUT2D eigenvalue weighted by Crippen LogP contribution is 2.19. The molecule has 0 spiro atoms. The van der Waals surface area contributed by atoms with Crippen LogP contribution in [0.4, 0.5) is 5.13 Å². The highest BCUT2D eigenvalue weighted by molar-refractivity contribution is 7.15. The van der Waals surface area contributed by atoms with Crippen molar-refractivity contribution in [2.24, 2.45) is 11.7 Å². The summed E-state index contributed by atoms with van der Waals surface area (Å²) in [5, 5.41) is 12.4. The van der Waals surface area contributed by atoms with Crippen molar-refractivity contribution < 1.29 is 4.79 Å².